The molecule has 0 nitrogen and oxygen atoms in total. The summed E-state index contributed by atoms with van der Waals surface area (Å²) >= 11 is 1.88. The average molecular weight is 663 g/mol. The van der Waals surface area contributed by atoms with Crippen molar-refractivity contribution in [3.63, 3.8) is 0 Å². The fourth-order valence-electron chi connectivity index (χ4n) is 8.47. The lowest BCUT2D eigenvalue weighted by molar-refractivity contribution is 1.69. The minimum atomic E-state index is 1.24. The summed E-state index contributed by atoms with van der Waals surface area (Å²) < 4.78 is 1.32. The summed E-state index contributed by atoms with van der Waals surface area (Å²) in [6.07, 6.45) is 0. The van der Waals surface area contributed by atoms with E-state index in [9.17, 15) is 0 Å². The van der Waals surface area contributed by atoms with Crippen LogP contribution >= 0.6 is 11.3 Å². The molecule has 0 bridgehead atoms. The molecule has 0 spiro atoms. The molecular weight excluding hydrogens is 633 g/mol. The van der Waals surface area contributed by atoms with Gasteiger partial charge in [-0.3, -0.25) is 0 Å². The molecule has 0 saturated heterocycles. The zero-order valence-electron chi connectivity index (χ0n) is 27.7. The van der Waals surface area contributed by atoms with Crippen LogP contribution in [-0.2, 0) is 0 Å². The van der Waals surface area contributed by atoms with E-state index in [0.29, 0.717) is 0 Å². The Labute approximate surface area is 299 Å². The third kappa shape index (κ3) is 4.39. The Hall–Kier alpha value is -6.28. The predicted octanol–water partition coefficient (Wildman–Crippen LogP) is 14.8. The van der Waals surface area contributed by atoms with E-state index in [4.69, 9.17) is 0 Å². The molecule has 11 rings (SSSR count). The average Bonchev–Trinajstić information content (AvgIpc) is 3.63. The van der Waals surface area contributed by atoms with Crippen LogP contribution in [-0.4, -0.2) is 0 Å². The van der Waals surface area contributed by atoms with Crippen molar-refractivity contribution in [3.8, 4) is 32.7 Å². The Morgan fingerprint density at radius 2 is 0.804 bits per heavy atom. The molecule has 0 saturated carbocycles. The molecule has 1 heteroatoms. The van der Waals surface area contributed by atoms with Gasteiger partial charge >= 0.3 is 0 Å². The number of benzene rings is 10. The van der Waals surface area contributed by atoms with E-state index < -0.39 is 0 Å². The van der Waals surface area contributed by atoms with Crippen molar-refractivity contribution in [2.24, 2.45) is 0 Å². The summed E-state index contributed by atoms with van der Waals surface area (Å²) in [5.74, 6) is 0. The number of fused-ring (bicyclic) bond motifs is 8. The van der Waals surface area contributed by atoms with Crippen molar-refractivity contribution in [2.45, 2.75) is 0 Å². The number of thiophene rings is 1. The monoisotopic (exact) mass is 662 g/mol. The van der Waals surface area contributed by atoms with Gasteiger partial charge in [-0.2, -0.15) is 0 Å². The van der Waals surface area contributed by atoms with Gasteiger partial charge in [0.1, 0.15) is 0 Å². The number of rotatable bonds is 3. The SMILES string of the molecule is c1ccc2cc(-c3c4ccccc4c(-c4cc5c(-c6cc7ccccc7s6)cccc5c5cc6ccccc6cc45)c4ccccc34)ccc2c1. The van der Waals surface area contributed by atoms with Gasteiger partial charge in [-0.1, -0.05) is 146 Å². The summed E-state index contributed by atoms with van der Waals surface area (Å²) in [6, 6.07) is 67.7. The van der Waals surface area contributed by atoms with Crippen molar-refractivity contribution in [1.29, 1.82) is 0 Å². The topological polar surface area (TPSA) is 0 Å². The smallest absolute Gasteiger partial charge is 0.0361 e. The number of hydrogen-bond acceptors (Lipinski definition) is 1. The normalized spacial score (nSPS) is 11.9. The lowest BCUT2D eigenvalue weighted by atomic mass is 9.83. The van der Waals surface area contributed by atoms with Crippen LogP contribution < -0.4 is 0 Å². The van der Waals surface area contributed by atoms with Crippen LogP contribution in [0.25, 0.3) is 107 Å². The molecule has 236 valence electrons. The Morgan fingerprint density at radius 1 is 0.275 bits per heavy atom. The first kappa shape index (κ1) is 28.5. The maximum atomic E-state index is 2.50. The molecule has 0 atom stereocenters. The number of hydrogen-bond donors (Lipinski definition) is 0. The molecule has 1 aromatic heterocycles. The van der Waals surface area contributed by atoms with Gasteiger partial charge in [0.05, 0.1) is 0 Å². The highest BCUT2D eigenvalue weighted by atomic mass is 32.1. The molecule has 0 amide bonds. The Kier molecular flexibility index (Phi) is 6.22. The molecule has 11 aromatic rings. The van der Waals surface area contributed by atoms with E-state index in [0.717, 1.165) is 0 Å². The van der Waals surface area contributed by atoms with Crippen LogP contribution in [0.2, 0.25) is 0 Å². The first-order chi connectivity index (χ1) is 25.3. The van der Waals surface area contributed by atoms with Crippen LogP contribution in [0.4, 0.5) is 0 Å². The van der Waals surface area contributed by atoms with Gasteiger partial charge in [0.2, 0.25) is 0 Å². The van der Waals surface area contributed by atoms with Gasteiger partial charge in [-0.15, -0.1) is 11.3 Å². The zero-order chi connectivity index (χ0) is 33.5. The summed E-state index contributed by atoms with van der Waals surface area (Å²) in [5.41, 5.74) is 6.38. The highest BCUT2D eigenvalue weighted by Crippen LogP contribution is 2.49. The third-order valence-corrected chi connectivity index (χ3v) is 11.9. The Morgan fingerprint density at radius 3 is 1.49 bits per heavy atom. The molecule has 0 N–H and O–H groups in total. The van der Waals surface area contributed by atoms with Crippen molar-refractivity contribution in [3.05, 3.63) is 182 Å². The summed E-state index contributed by atoms with van der Waals surface area (Å²) in [6.45, 7) is 0. The second-order valence-corrected chi connectivity index (χ2v) is 14.7. The fraction of sp³-hybridized carbons (Fsp3) is 0. The minimum Gasteiger partial charge on any atom is -0.135 e. The second-order valence-electron chi connectivity index (χ2n) is 13.6. The van der Waals surface area contributed by atoms with Crippen molar-refractivity contribution < 1.29 is 0 Å². The van der Waals surface area contributed by atoms with E-state index in [1.807, 2.05) is 11.3 Å². The highest BCUT2D eigenvalue weighted by molar-refractivity contribution is 7.22. The Balaban J connectivity index is 1.30. The van der Waals surface area contributed by atoms with E-state index in [1.165, 1.54) is 107 Å². The van der Waals surface area contributed by atoms with Gasteiger partial charge in [-0.05, 0) is 134 Å². The quantitative estimate of drug-likeness (QED) is 0.130. The van der Waals surface area contributed by atoms with Crippen LogP contribution in [0.5, 0.6) is 0 Å². The molecule has 0 aliphatic heterocycles. The van der Waals surface area contributed by atoms with Gasteiger partial charge in [0.15, 0.2) is 0 Å². The van der Waals surface area contributed by atoms with Crippen molar-refractivity contribution in [2.75, 3.05) is 0 Å². The maximum absolute atomic E-state index is 2.50. The molecule has 10 aromatic carbocycles. The van der Waals surface area contributed by atoms with Gasteiger partial charge < -0.3 is 0 Å². The predicted molar refractivity (Wildman–Crippen MR) is 223 cm³/mol. The van der Waals surface area contributed by atoms with E-state index >= 15 is 0 Å². The molecule has 0 aliphatic carbocycles. The molecule has 0 unspecified atom stereocenters. The fourth-order valence-corrected chi connectivity index (χ4v) is 9.58. The van der Waals surface area contributed by atoms with Crippen LogP contribution in [0.1, 0.15) is 0 Å². The first-order valence-corrected chi connectivity index (χ1v) is 18.4. The van der Waals surface area contributed by atoms with Crippen molar-refractivity contribution in [1.82, 2.24) is 0 Å². The molecular formula is C50H30S. The van der Waals surface area contributed by atoms with Gasteiger partial charge in [0.25, 0.3) is 0 Å². The third-order valence-electron chi connectivity index (χ3n) is 10.8. The van der Waals surface area contributed by atoms with Gasteiger partial charge in [0, 0.05) is 9.58 Å². The zero-order valence-corrected chi connectivity index (χ0v) is 28.5. The standard InChI is InChI=1S/C50H30S/c1-2-13-32-26-36(25-24-31(32)12-1)49-39-17-6-8-19-41(39)50(42-20-9-7-18-40(42)49)46-30-45-37(43-27-33-14-3-4-15-34(33)28-44(43)46)21-11-22-38(45)48-29-35-16-5-10-23-47(35)51-48/h1-30H. The van der Waals surface area contributed by atoms with Crippen LogP contribution in [0.3, 0.4) is 0 Å². The molecule has 0 fully saturated rings. The lowest BCUT2D eigenvalue weighted by Crippen LogP contribution is -1.93. The van der Waals surface area contributed by atoms with Crippen molar-refractivity contribution >= 4 is 86.1 Å². The summed E-state index contributed by atoms with van der Waals surface area (Å²) in [5, 5.41) is 16.6. The second kappa shape index (κ2) is 11.1. The van der Waals surface area contributed by atoms with Crippen LogP contribution in [0, 0.1) is 0 Å². The van der Waals surface area contributed by atoms with E-state index in [-0.39, 0.29) is 0 Å². The van der Waals surface area contributed by atoms with E-state index in [1.54, 1.807) is 0 Å². The van der Waals surface area contributed by atoms with E-state index in [2.05, 4.69) is 182 Å². The largest absolute Gasteiger partial charge is 0.135 e. The van der Waals surface area contributed by atoms with Gasteiger partial charge in [-0.25, -0.2) is 0 Å². The molecule has 0 aliphatic rings. The summed E-state index contributed by atoms with van der Waals surface area (Å²) in [4.78, 5) is 1.30. The molecule has 1 heterocycles. The highest BCUT2D eigenvalue weighted by Gasteiger charge is 2.21. The first-order valence-electron chi connectivity index (χ1n) is 17.6. The maximum Gasteiger partial charge on any atom is 0.0361 e. The van der Waals surface area contributed by atoms with Crippen LogP contribution in [0.15, 0.2) is 182 Å². The summed E-state index contributed by atoms with van der Waals surface area (Å²) in [7, 11) is 0. The molecule has 0 radical (unpaired) electrons. The molecule has 51 heavy (non-hydrogen) atoms. The minimum absolute atomic E-state index is 1.24. The lowest BCUT2D eigenvalue weighted by Gasteiger charge is -2.20. The Bertz CT molecular complexity index is 3110.